The summed E-state index contributed by atoms with van der Waals surface area (Å²) in [4.78, 5) is 14.9. The van der Waals surface area contributed by atoms with Crippen LogP contribution in [0.25, 0.3) is 0 Å². The van der Waals surface area contributed by atoms with Crippen LogP contribution in [0.15, 0.2) is 42.5 Å². The number of hydrogen-bond acceptors (Lipinski definition) is 2. The summed E-state index contributed by atoms with van der Waals surface area (Å²) in [6, 6.07) is 14.4. The van der Waals surface area contributed by atoms with Crippen molar-refractivity contribution in [2.75, 3.05) is 18.5 Å². The molecule has 1 unspecified atom stereocenters. The third-order valence-corrected chi connectivity index (χ3v) is 4.93. The number of anilines is 1. The lowest BCUT2D eigenvalue weighted by Crippen LogP contribution is -2.38. The Morgan fingerprint density at radius 1 is 1.24 bits per heavy atom. The highest BCUT2D eigenvalue weighted by atomic mass is 16.3. The van der Waals surface area contributed by atoms with E-state index in [-0.39, 0.29) is 18.7 Å². The van der Waals surface area contributed by atoms with Gasteiger partial charge in [0.2, 0.25) is 0 Å². The second kappa shape index (κ2) is 7.70. The number of amides is 2. The standard InChI is InChI=1S/C21H26N2O2/c1-15-8-9-16(2)19(14-15)22-21(25)23(12-5-13-24)20-11-10-17-6-3-4-7-18(17)20/h3-4,6-9,14,20,24H,5,10-13H2,1-2H3,(H,22,25). The van der Waals surface area contributed by atoms with Gasteiger partial charge in [0.1, 0.15) is 0 Å². The molecule has 25 heavy (non-hydrogen) atoms. The molecule has 0 saturated heterocycles. The summed E-state index contributed by atoms with van der Waals surface area (Å²) in [6.45, 7) is 4.65. The summed E-state index contributed by atoms with van der Waals surface area (Å²) in [7, 11) is 0. The average molecular weight is 338 g/mol. The van der Waals surface area contributed by atoms with Crippen LogP contribution >= 0.6 is 0 Å². The number of urea groups is 1. The summed E-state index contributed by atoms with van der Waals surface area (Å²) in [5.41, 5.74) is 5.57. The number of hydrogen-bond donors (Lipinski definition) is 2. The molecule has 2 N–H and O–H groups in total. The Morgan fingerprint density at radius 3 is 2.84 bits per heavy atom. The molecule has 0 fully saturated rings. The van der Waals surface area contributed by atoms with E-state index in [2.05, 4.69) is 23.5 Å². The smallest absolute Gasteiger partial charge is 0.322 e. The number of nitrogens with zero attached hydrogens (tertiary/aromatic N) is 1. The molecule has 132 valence electrons. The number of carbonyl (C=O) groups is 1. The summed E-state index contributed by atoms with van der Waals surface area (Å²) >= 11 is 0. The predicted molar refractivity (Wildman–Crippen MR) is 101 cm³/mol. The first-order chi connectivity index (χ1) is 12.1. The molecule has 2 aromatic rings. The SMILES string of the molecule is Cc1ccc(C)c(NC(=O)N(CCCO)C2CCc3ccccc32)c1. The molecule has 0 heterocycles. The lowest BCUT2D eigenvalue weighted by atomic mass is 10.1. The van der Waals surface area contributed by atoms with Crippen LogP contribution in [0.4, 0.5) is 10.5 Å². The second-order valence-electron chi connectivity index (χ2n) is 6.77. The Morgan fingerprint density at radius 2 is 2.04 bits per heavy atom. The predicted octanol–water partition coefficient (Wildman–Crippen LogP) is 4.21. The molecule has 0 radical (unpaired) electrons. The van der Waals surface area contributed by atoms with E-state index >= 15 is 0 Å². The van der Waals surface area contributed by atoms with Crippen LogP contribution in [0.5, 0.6) is 0 Å². The van der Waals surface area contributed by atoms with Crippen LogP contribution in [-0.4, -0.2) is 29.2 Å². The van der Waals surface area contributed by atoms with E-state index in [0.29, 0.717) is 13.0 Å². The molecular weight excluding hydrogens is 312 g/mol. The zero-order valence-corrected chi connectivity index (χ0v) is 15.0. The van der Waals surface area contributed by atoms with Crippen molar-refractivity contribution in [2.24, 2.45) is 0 Å². The molecule has 2 amide bonds. The molecule has 0 aliphatic heterocycles. The molecular formula is C21H26N2O2. The summed E-state index contributed by atoms with van der Waals surface area (Å²) < 4.78 is 0. The molecule has 1 atom stereocenters. The first-order valence-electron chi connectivity index (χ1n) is 8.93. The van der Waals surface area contributed by atoms with Gasteiger partial charge in [0.15, 0.2) is 0 Å². The maximum absolute atomic E-state index is 13.0. The Hall–Kier alpha value is -2.33. The number of rotatable bonds is 5. The Balaban J connectivity index is 1.83. The Kier molecular flexibility index (Phi) is 5.39. The van der Waals surface area contributed by atoms with E-state index in [1.54, 1.807) is 0 Å². The molecule has 1 aliphatic carbocycles. The van der Waals surface area contributed by atoms with Crippen molar-refractivity contribution in [3.8, 4) is 0 Å². The van der Waals surface area contributed by atoms with Crippen molar-refractivity contribution in [3.05, 3.63) is 64.7 Å². The largest absolute Gasteiger partial charge is 0.396 e. The molecule has 0 spiro atoms. The number of fused-ring (bicyclic) bond motifs is 1. The van der Waals surface area contributed by atoms with Crippen molar-refractivity contribution in [3.63, 3.8) is 0 Å². The van der Waals surface area contributed by atoms with Gasteiger partial charge in [-0.25, -0.2) is 4.79 Å². The number of aryl methyl sites for hydroxylation is 3. The van der Waals surface area contributed by atoms with Crippen molar-refractivity contribution < 1.29 is 9.90 Å². The zero-order valence-electron chi connectivity index (χ0n) is 15.0. The van der Waals surface area contributed by atoms with Gasteiger partial charge in [-0.3, -0.25) is 0 Å². The van der Waals surface area contributed by atoms with E-state index in [4.69, 9.17) is 0 Å². The fraction of sp³-hybridized carbons (Fsp3) is 0.381. The monoisotopic (exact) mass is 338 g/mol. The summed E-state index contributed by atoms with van der Waals surface area (Å²) in [5, 5.41) is 12.3. The molecule has 0 saturated carbocycles. The molecule has 3 rings (SSSR count). The van der Waals surface area contributed by atoms with Gasteiger partial charge in [-0.1, -0.05) is 36.4 Å². The van der Waals surface area contributed by atoms with Crippen LogP contribution in [0.2, 0.25) is 0 Å². The van der Waals surface area contributed by atoms with E-state index in [1.807, 2.05) is 43.0 Å². The van der Waals surface area contributed by atoms with Crippen LogP contribution in [0.1, 0.15) is 41.1 Å². The number of aliphatic hydroxyl groups excluding tert-OH is 1. The van der Waals surface area contributed by atoms with Gasteiger partial charge in [0.25, 0.3) is 0 Å². The van der Waals surface area contributed by atoms with E-state index in [0.717, 1.165) is 29.7 Å². The normalized spacial score (nSPS) is 15.7. The fourth-order valence-electron chi connectivity index (χ4n) is 3.56. The molecule has 0 aromatic heterocycles. The molecule has 0 bridgehead atoms. The van der Waals surface area contributed by atoms with Crippen molar-refractivity contribution >= 4 is 11.7 Å². The van der Waals surface area contributed by atoms with Gasteiger partial charge < -0.3 is 15.3 Å². The lowest BCUT2D eigenvalue weighted by molar-refractivity contribution is 0.177. The average Bonchev–Trinajstić information content (AvgIpc) is 3.03. The minimum atomic E-state index is -0.0937. The minimum absolute atomic E-state index is 0.0767. The van der Waals surface area contributed by atoms with Crippen LogP contribution in [0.3, 0.4) is 0 Å². The van der Waals surface area contributed by atoms with Crippen molar-refractivity contribution in [2.45, 2.75) is 39.2 Å². The highest BCUT2D eigenvalue weighted by Gasteiger charge is 2.30. The number of carbonyl (C=O) groups excluding carboxylic acids is 1. The second-order valence-corrected chi connectivity index (χ2v) is 6.77. The van der Waals surface area contributed by atoms with Gasteiger partial charge in [0.05, 0.1) is 6.04 Å². The van der Waals surface area contributed by atoms with Crippen LogP contribution < -0.4 is 5.32 Å². The van der Waals surface area contributed by atoms with Crippen LogP contribution in [-0.2, 0) is 6.42 Å². The first-order valence-corrected chi connectivity index (χ1v) is 8.93. The van der Waals surface area contributed by atoms with Gasteiger partial charge in [-0.2, -0.15) is 0 Å². The molecule has 2 aromatic carbocycles. The fourth-order valence-corrected chi connectivity index (χ4v) is 3.56. The number of aliphatic hydroxyl groups is 1. The third kappa shape index (κ3) is 3.85. The quantitative estimate of drug-likeness (QED) is 0.858. The minimum Gasteiger partial charge on any atom is -0.396 e. The number of benzene rings is 2. The summed E-state index contributed by atoms with van der Waals surface area (Å²) in [5.74, 6) is 0. The molecule has 4 nitrogen and oxygen atoms in total. The van der Waals surface area contributed by atoms with E-state index in [1.165, 1.54) is 11.1 Å². The first kappa shape index (κ1) is 17.5. The van der Waals surface area contributed by atoms with Gasteiger partial charge in [-0.15, -0.1) is 0 Å². The Labute approximate surface area is 149 Å². The zero-order chi connectivity index (χ0) is 17.8. The maximum atomic E-state index is 13.0. The lowest BCUT2D eigenvalue weighted by Gasteiger charge is -2.30. The van der Waals surface area contributed by atoms with E-state index < -0.39 is 0 Å². The molecule has 4 heteroatoms. The Bertz CT molecular complexity index is 757. The third-order valence-electron chi connectivity index (χ3n) is 4.93. The highest BCUT2D eigenvalue weighted by Crippen LogP contribution is 2.36. The highest BCUT2D eigenvalue weighted by molar-refractivity contribution is 5.90. The van der Waals surface area contributed by atoms with E-state index in [9.17, 15) is 9.90 Å². The van der Waals surface area contributed by atoms with Gasteiger partial charge >= 0.3 is 6.03 Å². The number of nitrogens with one attached hydrogen (secondary N) is 1. The van der Waals surface area contributed by atoms with Crippen LogP contribution in [0, 0.1) is 13.8 Å². The maximum Gasteiger partial charge on any atom is 0.322 e. The summed E-state index contributed by atoms with van der Waals surface area (Å²) in [6.07, 6.45) is 2.51. The van der Waals surface area contributed by atoms with Crippen molar-refractivity contribution in [1.29, 1.82) is 0 Å². The molecule has 1 aliphatic rings. The van der Waals surface area contributed by atoms with Gasteiger partial charge in [-0.05, 0) is 61.4 Å². The topological polar surface area (TPSA) is 52.6 Å². The van der Waals surface area contributed by atoms with Gasteiger partial charge in [0, 0.05) is 18.8 Å². The van der Waals surface area contributed by atoms with Crippen molar-refractivity contribution in [1.82, 2.24) is 4.90 Å².